The zero-order valence-electron chi connectivity index (χ0n) is 7.22. The van der Waals surface area contributed by atoms with E-state index in [0.29, 0.717) is 4.47 Å². The van der Waals surface area contributed by atoms with Crippen LogP contribution in [0.1, 0.15) is 18.4 Å². The van der Waals surface area contributed by atoms with Crippen LogP contribution in [0.3, 0.4) is 0 Å². The minimum absolute atomic E-state index is 0.0874. The van der Waals surface area contributed by atoms with E-state index < -0.39 is 17.7 Å². The van der Waals surface area contributed by atoms with E-state index in [1.54, 1.807) is 0 Å². The molecule has 0 saturated heterocycles. The highest BCUT2D eigenvalue weighted by atomic mass is 79.9. The van der Waals surface area contributed by atoms with Gasteiger partial charge in [0.2, 0.25) is 0 Å². The zero-order valence-corrected chi connectivity index (χ0v) is 9.56. The fraction of sp³-hybridized carbons (Fsp3) is 0.222. The van der Waals surface area contributed by atoms with Gasteiger partial charge in [-0.3, -0.25) is 4.79 Å². The minimum Gasteiger partial charge on any atom is -0.481 e. The van der Waals surface area contributed by atoms with Crippen molar-refractivity contribution in [2.24, 2.45) is 0 Å². The Hall–Kier alpha value is -0.610. The molecule has 1 atom stereocenters. The molecule has 0 aliphatic heterocycles. The number of carboxylic acid groups (broad SMARTS) is 1. The third-order valence-corrected chi connectivity index (χ3v) is 3.16. The van der Waals surface area contributed by atoms with Gasteiger partial charge in [-0.1, -0.05) is 17.7 Å². The Bertz CT molecular complexity index is 381. The SMILES string of the molecule is CC(C(=O)O)c1ccc(Br)c(Cl)c1F. The van der Waals surface area contributed by atoms with Crippen LogP contribution in [0.25, 0.3) is 0 Å². The van der Waals surface area contributed by atoms with Crippen LogP contribution in [0.5, 0.6) is 0 Å². The molecule has 76 valence electrons. The van der Waals surface area contributed by atoms with Gasteiger partial charge in [-0.05, 0) is 28.9 Å². The smallest absolute Gasteiger partial charge is 0.310 e. The van der Waals surface area contributed by atoms with Crippen LogP contribution in [-0.4, -0.2) is 11.1 Å². The molecule has 2 nitrogen and oxygen atoms in total. The lowest BCUT2D eigenvalue weighted by molar-refractivity contribution is -0.138. The predicted octanol–water partition coefficient (Wildman–Crippen LogP) is 3.43. The largest absolute Gasteiger partial charge is 0.481 e. The van der Waals surface area contributed by atoms with Crippen LogP contribution >= 0.6 is 27.5 Å². The van der Waals surface area contributed by atoms with E-state index in [1.807, 2.05) is 0 Å². The van der Waals surface area contributed by atoms with Crippen molar-refractivity contribution >= 4 is 33.5 Å². The number of halogens is 3. The van der Waals surface area contributed by atoms with Gasteiger partial charge in [0.15, 0.2) is 0 Å². The molecule has 0 aromatic heterocycles. The summed E-state index contributed by atoms with van der Waals surface area (Å²) >= 11 is 8.66. The van der Waals surface area contributed by atoms with E-state index in [4.69, 9.17) is 16.7 Å². The minimum atomic E-state index is -1.08. The van der Waals surface area contributed by atoms with Crippen molar-refractivity contribution in [3.63, 3.8) is 0 Å². The van der Waals surface area contributed by atoms with Crippen molar-refractivity contribution in [3.8, 4) is 0 Å². The maximum atomic E-state index is 13.4. The lowest BCUT2D eigenvalue weighted by Gasteiger charge is -2.09. The highest BCUT2D eigenvalue weighted by molar-refractivity contribution is 9.10. The van der Waals surface area contributed by atoms with Crippen molar-refractivity contribution < 1.29 is 14.3 Å². The molecule has 0 fully saturated rings. The second-order valence-electron chi connectivity index (χ2n) is 2.82. The molecule has 5 heteroatoms. The Kier molecular flexibility index (Phi) is 3.50. The van der Waals surface area contributed by atoms with Crippen LogP contribution in [0, 0.1) is 5.82 Å². The van der Waals surface area contributed by atoms with Gasteiger partial charge in [0.1, 0.15) is 5.82 Å². The molecular weight excluding hydrogens is 274 g/mol. The predicted molar refractivity (Wildman–Crippen MR) is 55.2 cm³/mol. The second kappa shape index (κ2) is 4.28. The average molecular weight is 282 g/mol. The summed E-state index contributed by atoms with van der Waals surface area (Å²) in [6, 6.07) is 2.93. The molecule has 1 N–H and O–H groups in total. The number of aliphatic carboxylic acids is 1. The molecule has 14 heavy (non-hydrogen) atoms. The molecule has 0 radical (unpaired) electrons. The molecule has 1 rings (SSSR count). The molecule has 0 spiro atoms. The van der Waals surface area contributed by atoms with Gasteiger partial charge in [0.25, 0.3) is 0 Å². The summed E-state index contributed by atoms with van der Waals surface area (Å²) in [4.78, 5) is 10.6. The molecule has 0 saturated carbocycles. The number of hydrogen-bond acceptors (Lipinski definition) is 1. The van der Waals surface area contributed by atoms with Crippen molar-refractivity contribution in [3.05, 3.63) is 33.0 Å². The Morgan fingerprint density at radius 2 is 2.21 bits per heavy atom. The van der Waals surface area contributed by atoms with Crippen LogP contribution < -0.4 is 0 Å². The fourth-order valence-corrected chi connectivity index (χ4v) is 1.49. The number of benzene rings is 1. The first-order valence-corrected chi connectivity index (χ1v) is 4.98. The Morgan fingerprint density at radius 3 is 2.71 bits per heavy atom. The van der Waals surface area contributed by atoms with Crippen LogP contribution in [0.15, 0.2) is 16.6 Å². The third kappa shape index (κ3) is 2.07. The van der Waals surface area contributed by atoms with E-state index in [-0.39, 0.29) is 10.6 Å². The molecule has 1 aromatic rings. The summed E-state index contributed by atoms with van der Waals surface area (Å²) in [7, 11) is 0. The highest BCUT2D eigenvalue weighted by Gasteiger charge is 2.20. The van der Waals surface area contributed by atoms with Crippen LogP contribution in [-0.2, 0) is 4.79 Å². The maximum absolute atomic E-state index is 13.4. The van der Waals surface area contributed by atoms with Crippen molar-refractivity contribution in [2.75, 3.05) is 0 Å². The summed E-state index contributed by atoms with van der Waals surface area (Å²) < 4.78 is 13.9. The van der Waals surface area contributed by atoms with Crippen molar-refractivity contribution in [2.45, 2.75) is 12.8 Å². The molecule has 0 aliphatic carbocycles. The molecule has 0 bridgehead atoms. The molecule has 1 unspecified atom stereocenters. The number of carbonyl (C=O) groups is 1. The lowest BCUT2D eigenvalue weighted by Crippen LogP contribution is -2.09. The van der Waals surface area contributed by atoms with E-state index in [1.165, 1.54) is 19.1 Å². The summed E-state index contributed by atoms with van der Waals surface area (Å²) in [6.45, 7) is 1.41. The van der Waals surface area contributed by atoms with E-state index in [0.717, 1.165) is 0 Å². The molecule has 0 amide bonds. The van der Waals surface area contributed by atoms with E-state index in [9.17, 15) is 9.18 Å². The third-order valence-electron chi connectivity index (χ3n) is 1.90. The monoisotopic (exact) mass is 280 g/mol. The molecular formula is C9H7BrClFO2. The van der Waals surface area contributed by atoms with Gasteiger partial charge in [-0.2, -0.15) is 0 Å². The quantitative estimate of drug-likeness (QED) is 0.843. The normalized spacial score (nSPS) is 12.6. The highest BCUT2D eigenvalue weighted by Crippen LogP contribution is 2.31. The van der Waals surface area contributed by atoms with Gasteiger partial charge >= 0.3 is 5.97 Å². The van der Waals surface area contributed by atoms with Crippen molar-refractivity contribution in [1.29, 1.82) is 0 Å². The maximum Gasteiger partial charge on any atom is 0.310 e. The standard InChI is InChI=1S/C9H7BrClFO2/c1-4(9(13)14)5-2-3-6(10)7(11)8(5)12/h2-4H,1H3,(H,13,14). The van der Waals surface area contributed by atoms with E-state index in [2.05, 4.69) is 15.9 Å². The number of carboxylic acids is 1. The molecule has 0 heterocycles. The zero-order chi connectivity index (χ0) is 10.9. The van der Waals surface area contributed by atoms with Crippen molar-refractivity contribution in [1.82, 2.24) is 0 Å². The molecule has 1 aromatic carbocycles. The first-order valence-electron chi connectivity index (χ1n) is 3.81. The fourth-order valence-electron chi connectivity index (χ4n) is 1.01. The topological polar surface area (TPSA) is 37.3 Å². The second-order valence-corrected chi connectivity index (χ2v) is 4.06. The van der Waals surface area contributed by atoms with Gasteiger partial charge < -0.3 is 5.11 Å². The summed E-state index contributed by atoms with van der Waals surface area (Å²) in [5, 5.41) is 8.61. The van der Waals surface area contributed by atoms with Gasteiger partial charge in [0, 0.05) is 10.0 Å². The van der Waals surface area contributed by atoms with E-state index >= 15 is 0 Å². The first kappa shape index (κ1) is 11.5. The lowest BCUT2D eigenvalue weighted by atomic mass is 10.0. The van der Waals surface area contributed by atoms with Gasteiger partial charge in [-0.25, -0.2) is 4.39 Å². The first-order chi connectivity index (χ1) is 6.45. The molecule has 0 aliphatic rings. The summed E-state index contributed by atoms with van der Waals surface area (Å²) in [5.41, 5.74) is 0.0886. The van der Waals surface area contributed by atoms with Crippen LogP contribution in [0.2, 0.25) is 5.02 Å². The van der Waals surface area contributed by atoms with Gasteiger partial charge in [0.05, 0.1) is 10.9 Å². The van der Waals surface area contributed by atoms with Crippen LogP contribution in [0.4, 0.5) is 4.39 Å². The average Bonchev–Trinajstić information content (AvgIpc) is 2.13. The Balaban J connectivity index is 3.24. The summed E-state index contributed by atoms with van der Waals surface area (Å²) in [5.74, 6) is -2.67. The summed E-state index contributed by atoms with van der Waals surface area (Å²) in [6.07, 6.45) is 0. The number of rotatable bonds is 2. The van der Waals surface area contributed by atoms with Gasteiger partial charge in [-0.15, -0.1) is 0 Å². The Morgan fingerprint density at radius 1 is 1.64 bits per heavy atom. The number of hydrogen-bond donors (Lipinski definition) is 1. The Labute approximate surface area is 93.8 Å².